The number of nitrogens with zero attached hydrogens (tertiary/aromatic N) is 1. The van der Waals surface area contributed by atoms with Crippen LogP contribution in [0.3, 0.4) is 0 Å². The van der Waals surface area contributed by atoms with Gasteiger partial charge in [0.25, 0.3) is 0 Å². The van der Waals surface area contributed by atoms with Crippen LogP contribution in [0.25, 0.3) is 0 Å². The normalized spacial score (nSPS) is 17.6. The van der Waals surface area contributed by atoms with Gasteiger partial charge in [-0.15, -0.1) is 24.8 Å². The van der Waals surface area contributed by atoms with E-state index in [1.54, 1.807) is 0 Å². The first-order valence-corrected chi connectivity index (χ1v) is 6.38. The third kappa shape index (κ3) is 6.23. The zero-order chi connectivity index (χ0) is 12.0. The van der Waals surface area contributed by atoms with Crippen molar-refractivity contribution in [3.8, 4) is 0 Å². The van der Waals surface area contributed by atoms with Crippen LogP contribution in [0.15, 0.2) is 0 Å². The van der Waals surface area contributed by atoms with Crippen molar-refractivity contribution in [2.24, 2.45) is 11.7 Å². The standard InChI is InChI=1S/C12H25N3O.2ClH/c1-10(2)11(12(16)14-7-6-13)15-8-4-3-5-9-15;;/h10-11H,3-9,13H2,1-2H3,(H,14,16);2*1H. The summed E-state index contributed by atoms with van der Waals surface area (Å²) in [5.41, 5.74) is 5.40. The Kier molecular flexibility index (Phi) is 12.2. The summed E-state index contributed by atoms with van der Waals surface area (Å²) >= 11 is 0. The van der Waals surface area contributed by atoms with Crippen LogP contribution in [0, 0.1) is 5.92 Å². The van der Waals surface area contributed by atoms with Crippen LogP contribution in [0.1, 0.15) is 33.1 Å². The highest BCUT2D eigenvalue weighted by atomic mass is 35.5. The first-order valence-electron chi connectivity index (χ1n) is 6.38. The fourth-order valence-electron chi connectivity index (χ4n) is 2.39. The fourth-order valence-corrected chi connectivity index (χ4v) is 2.39. The lowest BCUT2D eigenvalue weighted by atomic mass is 9.98. The lowest BCUT2D eigenvalue weighted by Gasteiger charge is -2.35. The molecule has 0 aromatic rings. The van der Waals surface area contributed by atoms with Gasteiger partial charge in [-0.05, 0) is 31.8 Å². The van der Waals surface area contributed by atoms with E-state index in [9.17, 15) is 4.79 Å². The molecule has 0 aromatic carbocycles. The van der Waals surface area contributed by atoms with Gasteiger partial charge in [0.2, 0.25) is 5.91 Å². The molecule has 1 atom stereocenters. The zero-order valence-electron chi connectivity index (χ0n) is 11.4. The van der Waals surface area contributed by atoms with Crippen LogP contribution in [-0.4, -0.2) is 43.0 Å². The highest BCUT2D eigenvalue weighted by Gasteiger charge is 2.29. The van der Waals surface area contributed by atoms with Crippen LogP contribution in [0.4, 0.5) is 0 Å². The number of halogens is 2. The highest BCUT2D eigenvalue weighted by molar-refractivity contribution is 5.85. The summed E-state index contributed by atoms with van der Waals surface area (Å²) in [5.74, 6) is 0.498. The Balaban J connectivity index is 0. The summed E-state index contributed by atoms with van der Waals surface area (Å²) in [6, 6.07) is 0.0202. The molecule has 6 heteroatoms. The second-order valence-electron chi connectivity index (χ2n) is 4.87. The third-order valence-corrected chi connectivity index (χ3v) is 3.13. The molecule has 4 nitrogen and oxygen atoms in total. The van der Waals surface area contributed by atoms with Gasteiger partial charge < -0.3 is 11.1 Å². The maximum Gasteiger partial charge on any atom is 0.237 e. The van der Waals surface area contributed by atoms with Crippen LogP contribution in [0.2, 0.25) is 0 Å². The van der Waals surface area contributed by atoms with Gasteiger partial charge in [-0.25, -0.2) is 0 Å². The van der Waals surface area contributed by atoms with E-state index in [1.807, 2.05) is 0 Å². The molecule has 1 unspecified atom stereocenters. The van der Waals surface area contributed by atoms with Crippen molar-refractivity contribution >= 4 is 30.7 Å². The topological polar surface area (TPSA) is 58.4 Å². The Bertz CT molecular complexity index is 221. The molecule has 0 bridgehead atoms. The van der Waals surface area contributed by atoms with Gasteiger partial charge in [0.05, 0.1) is 6.04 Å². The van der Waals surface area contributed by atoms with Gasteiger partial charge in [0.1, 0.15) is 0 Å². The number of carbonyl (C=O) groups is 1. The number of hydrogen-bond donors (Lipinski definition) is 2. The number of nitrogens with two attached hydrogens (primary N) is 1. The Morgan fingerprint density at radius 2 is 1.78 bits per heavy atom. The number of likely N-dealkylation sites (tertiary alicyclic amines) is 1. The Labute approximate surface area is 123 Å². The number of amides is 1. The average Bonchev–Trinajstić information content (AvgIpc) is 2.27. The fraction of sp³-hybridized carbons (Fsp3) is 0.917. The van der Waals surface area contributed by atoms with E-state index in [0.717, 1.165) is 13.1 Å². The molecule has 1 fully saturated rings. The molecule has 18 heavy (non-hydrogen) atoms. The smallest absolute Gasteiger partial charge is 0.237 e. The van der Waals surface area contributed by atoms with Gasteiger partial charge in [0.15, 0.2) is 0 Å². The SMILES string of the molecule is CC(C)C(C(=O)NCCN)N1CCCCC1.Cl.Cl. The number of piperidine rings is 1. The summed E-state index contributed by atoms with van der Waals surface area (Å²) in [6.45, 7) is 7.42. The first kappa shape index (κ1) is 20.3. The molecule has 0 spiro atoms. The van der Waals surface area contributed by atoms with Crippen molar-refractivity contribution in [1.82, 2.24) is 10.2 Å². The molecule has 0 saturated carbocycles. The molecule has 1 amide bonds. The third-order valence-electron chi connectivity index (χ3n) is 3.13. The molecular formula is C12H27Cl2N3O. The van der Waals surface area contributed by atoms with E-state index >= 15 is 0 Å². The first-order chi connectivity index (χ1) is 7.66. The van der Waals surface area contributed by atoms with Crippen LogP contribution >= 0.6 is 24.8 Å². The van der Waals surface area contributed by atoms with Crippen molar-refractivity contribution < 1.29 is 4.79 Å². The highest BCUT2D eigenvalue weighted by Crippen LogP contribution is 2.17. The maximum atomic E-state index is 12.0. The van der Waals surface area contributed by atoms with Crippen molar-refractivity contribution in [2.45, 2.75) is 39.2 Å². The molecule has 0 aliphatic carbocycles. The Morgan fingerprint density at radius 1 is 1.22 bits per heavy atom. The zero-order valence-corrected chi connectivity index (χ0v) is 13.0. The van der Waals surface area contributed by atoms with E-state index in [2.05, 4.69) is 24.1 Å². The molecular weight excluding hydrogens is 273 g/mol. The minimum Gasteiger partial charge on any atom is -0.353 e. The molecule has 0 aromatic heterocycles. The van der Waals surface area contributed by atoms with Crippen molar-refractivity contribution in [3.63, 3.8) is 0 Å². The van der Waals surface area contributed by atoms with E-state index < -0.39 is 0 Å². The quantitative estimate of drug-likeness (QED) is 0.807. The predicted molar refractivity (Wildman–Crippen MR) is 80.6 cm³/mol. The molecule has 1 aliphatic rings. The van der Waals surface area contributed by atoms with Crippen molar-refractivity contribution in [1.29, 1.82) is 0 Å². The van der Waals surface area contributed by atoms with Gasteiger partial charge >= 0.3 is 0 Å². The molecule has 110 valence electrons. The lowest BCUT2D eigenvalue weighted by Crippen LogP contribution is -2.52. The summed E-state index contributed by atoms with van der Waals surface area (Å²) in [4.78, 5) is 14.4. The van der Waals surface area contributed by atoms with Gasteiger partial charge in [-0.3, -0.25) is 9.69 Å². The van der Waals surface area contributed by atoms with Gasteiger partial charge in [0, 0.05) is 13.1 Å². The predicted octanol–water partition coefficient (Wildman–Crippen LogP) is 1.42. The number of carbonyl (C=O) groups excluding carboxylic acids is 1. The number of nitrogens with one attached hydrogen (secondary N) is 1. The summed E-state index contributed by atoms with van der Waals surface area (Å²) in [6.07, 6.45) is 3.73. The summed E-state index contributed by atoms with van der Waals surface area (Å²) < 4.78 is 0. The van der Waals surface area contributed by atoms with Crippen molar-refractivity contribution in [2.75, 3.05) is 26.2 Å². The molecule has 1 heterocycles. The van der Waals surface area contributed by atoms with E-state index in [1.165, 1.54) is 19.3 Å². The second-order valence-corrected chi connectivity index (χ2v) is 4.87. The molecule has 1 aliphatic heterocycles. The Hall–Kier alpha value is -0.0300. The summed E-state index contributed by atoms with van der Waals surface area (Å²) in [5, 5.41) is 2.91. The minimum absolute atomic E-state index is 0. The monoisotopic (exact) mass is 299 g/mol. The summed E-state index contributed by atoms with van der Waals surface area (Å²) in [7, 11) is 0. The molecule has 0 radical (unpaired) electrons. The van der Waals surface area contributed by atoms with E-state index in [4.69, 9.17) is 5.73 Å². The molecule has 3 N–H and O–H groups in total. The largest absolute Gasteiger partial charge is 0.353 e. The van der Waals surface area contributed by atoms with Crippen molar-refractivity contribution in [3.05, 3.63) is 0 Å². The van der Waals surface area contributed by atoms with E-state index in [-0.39, 0.29) is 36.8 Å². The van der Waals surface area contributed by atoms with Crippen LogP contribution < -0.4 is 11.1 Å². The number of hydrogen-bond acceptors (Lipinski definition) is 3. The average molecular weight is 300 g/mol. The lowest BCUT2D eigenvalue weighted by molar-refractivity contribution is -0.128. The van der Waals surface area contributed by atoms with Crippen LogP contribution in [0.5, 0.6) is 0 Å². The second kappa shape index (κ2) is 10.9. The minimum atomic E-state index is 0. The Morgan fingerprint density at radius 3 is 2.22 bits per heavy atom. The van der Waals surface area contributed by atoms with Gasteiger partial charge in [-0.1, -0.05) is 20.3 Å². The molecule has 1 saturated heterocycles. The van der Waals surface area contributed by atoms with E-state index in [0.29, 0.717) is 19.0 Å². The molecule has 1 rings (SSSR count). The number of rotatable bonds is 5. The van der Waals surface area contributed by atoms with Gasteiger partial charge in [-0.2, -0.15) is 0 Å². The maximum absolute atomic E-state index is 12.0. The van der Waals surface area contributed by atoms with Crippen LogP contribution in [-0.2, 0) is 4.79 Å².